The van der Waals surface area contributed by atoms with E-state index in [-0.39, 0.29) is 22.8 Å². The second kappa shape index (κ2) is 9.60. The van der Waals surface area contributed by atoms with Gasteiger partial charge in [-0.2, -0.15) is 0 Å². The van der Waals surface area contributed by atoms with Crippen LogP contribution in [0, 0.1) is 0 Å². The second-order valence-electron chi connectivity index (χ2n) is 6.31. The van der Waals surface area contributed by atoms with E-state index >= 15 is 0 Å². The highest BCUT2D eigenvalue weighted by Gasteiger charge is 2.29. The molecule has 0 aromatic heterocycles. The van der Waals surface area contributed by atoms with Gasteiger partial charge >= 0.3 is 5.97 Å². The van der Waals surface area contributed by atoms with Crippen LogP contribution in [-0.4, -0.2) is 33.1 Å². The summed E-state index contributed by atoms with van der Waals surface area (Å²) in [4.78, 5) is 26.2. The molecule has 3 rings (SSSR count). The van der Waals surface area contributed by atoms with Crippen LogP contribution < -0.4 is 14.2 Å². The number of hydrogen-bond acceptors (Lipinski definition) is 6. The van der Waals surface area contributed by atoms with Gasteiger partial charge in [-0.15, -0.1) is 0 Å². The van der Waals surface area contributed by atoms with Gasteiger partial charge in [-0.3, -0.25) is 4.79 Å². The molecule has 0 fully saturated rings. The first-order chi connectivity index (χ1) is 14.6. The molecular weight excluding hydrogens is 384 g/mol. The van der Waals surface area contributed by atoms with E-state index in [0.717, 1.165) is 0 Å². The summed E-state index contributed by atoms with van der Waals surface area (Å²) in [5.74, 6) is -0.202. The molecule has 30 heavy (non-hydrogen) atoms. The molecule has 0 heterocycles. The van der Waals surface area contributed by atoms with Crippen LogP contribution in [0.4, 0.5) is 0 Å². The summed E-state index contributed by atoms with van der Waals surface area (Å²) in [5.41, 5.74) is 1.13. The third-order valence-electron chi connectivity index (χ3n) is 4.55. The van der Waals surface area contributed by atoms with Crippen molar-refractivity contribution in [1.29, 1.82) is 0 Å². The molecule has 0 aliphatic heterocycles. The van der Waals surface area contributed by atoms with E-state index in [1.165, 1.54) is 27.4 Å². The number of hydrogen-bond donors (Lipinski definition) is 0. The molecule has 1 unspecified atom stereocenters. The first kappa shape index (κ1) is 20.9. The van der Waals surface area contributed by atoms with Crippen molar-refractivity contribution >= 4 is 11.8 Å². The monoisotopic (exact) mass is 406 g/mol. The predicted molar refractivity (Wildman–Crippen MR) is 111 cm³/mol. The highest BCUT2D eigenvalue weighted by Crippen LogP contribution is 2.40. The molecule has 0 aliphatic carbocycles. The maximum atomic E-state index is 13.1. The van der Waals surface area contributed by atoms with Gasteiger partial charge in [-0.25, -0.2) is 4.79 Å². The Morgan fingerprint density at radius 2 is 1.30 bits per heavy atom. The SMILES string of the molecule is COc1ccc(C(=O)OC(C(=O)c2ccccc2)c2ccccc2)c(OC)c1OC. The van der Waals surface area contributed by atoms with Crippen LogP contribution in [0.5, 0.6) is 17.2 Å². The quantitative estimate of drug-likeness (QED) is 0.405. The van der Waals surface area contributed by atoms with Gasteiger partial charge in [0.25, 0.3) is 0 Å². The topological polar surface area (TPSA) is 71.1 Å². The molecule has 0 spiro atoms. The first-order valence-corrected chi connectivity index (χ1v) is 9.24. The average Bonchev–Trinajstić information content (AvgIpc) is 2.81. The maximum Gasteiger partial charge on any atom is 0.343 e. The minimum absolute atomic E-state index is 0.122. The molecule has 154 valence electrons. The molecule has 0 aliphatic rings. The van der Waals surface area contributed by atoms with Crippen molar-refractivity contribution in [2.75, 3.05) is 21.3 Å². The van der Waals surface area contributed by atoms with Gasteiger partial charge in [0.2, 0.25) is 11.5 Å². The minimum Gasteiger partial charge on any atom is -0.493 e. The highest BCUT2D eigenvalue weighted by atomic mass is 16.6. The normalized spacial score (nSPS) is 11.3. The molecule has 6 nitrogen and oxygen atoms in total. The number of esters is 1. The number of methoxy groups -OCH3 is 3. The zero-order valence-electron chi connectivity index (χ0n) is 17.0. The predicted octanol–water partition coefficient (Wildman–Crippen LogP) is 4.49. The Hall–Kier alpha value is -3.80. The lowest BCUT2D eigenvalue weighted by atomic mass is 9.99. The zero-order chi connectivity index (χ0) is 21.5. The van der Waals surface area contributed by atoms with E-state index < -0.39 is 12.1 Å². The Balaban J connectivity index is 1.99. The van der Waals surface area contributed by atoms with E-state index in [2.05, 4.69) is 0 Å². The van der Waals surface area contributed by atoms with E-state index in [9.17, 15) is 9.59 Å². The summed E-state index contributed by atoms with van der Waals surface area (Å²) < 4.78 is 21.6. The summed E-state index contributed by atoms with van der Waals surface area (Å²) in [6, 6.07) is 20.7. The molecule has 3 aromatic carbocycles. The first-order valence-electron chi connectivity index (χ1n) is 9.24. The molecule has 0 saturated heterocycles. The molecular formula is C24H22O6. The van der Waals surface area contributed by atoms with E-state index in [1.807, 2.05) is 12.1 Å². The highest BCUT2D eigenvalue weighted by molar-refractivity contribution is 6.02. The Morgan fingerprint density at radius 1 is 0.700 bits per heavy atom. The number of rotatable bonds is 8. The number of carbonyl (C=O) groups is 2. The third kappa shape index (κ3) is 4.27. The summed E-state index contributed by atoms with van der Waals surface area (Å²) >= 11 is 0. The van der Waals surface area contributed by atoms with Crippen molar-refractivity contribution < 1.29 is 28.5 Å². The van der Waals surface area contributed by atoms with Crippen LogP contribution in [-0.2, 0) is 4.74 Å². The van der Waals surface area contributed by atoms with Gasteiger partial charge in [-0.1, -0.05) is 60.7 Å². The minimum atomic E-state index is -1.11. The summed E-state index contributed by atoms with van der Waals surface area (Å²) in [5, 5.41) is 0. The average molecular weight is 406 g/mol. The lowest BCUT2D eigenvalue weighted by Gasteiger charge is -2.19. The van der Waals surface area contributed by atoms with E-state index in [0.29, 0.717) is 16.9 Å². The second-order valence-corrected chi connectivity index (χ2v) is 6.31. The van der Waals surface area contributed by atoms with Crippen molar-refractivity contribution in [2.24, 2.45) is 0 Å². The molecule has 6 heteroatoms. The molecule has 0 amide bonds. The van der Waals surface area contributed by atoms with Gasteiger partial charge in [-0.05, 0) is 12.1 Å². The molecule has 0 N–H and O–H groups in total. The fourth-order valence-electron chi connectivity index (χ4n) is 3.09. The fraction of sp³-hybridized carbons (Fsp3) is 0.167. The van der Waals surface area contributed by atoms with Crippen LogP contribution >= 0.6 is 0 Å². The molecule has 0 radical (unpaired) electrons. The largest absolute Gasteiger partial charge is 0.493 e. The number of ether oxygens (including phenoxy) is 4. The van der Waals surface area contributed by atoms with Gasteiger partial charge in [0.1, 0.15) is 5.56 Å². The molecule has 3 aromatic rings. The fourth-order valence-corrected chi connectivity index (χ4v) is 3.09. The Morgan fingerprint density at radius 3 is 1.87 bits per heavy atom. The summed E-state index contributed by atoms with van der Waals surface area (Å²) in [6.07, 6.45) is -1.11. The standard InChI is InChI=1S/C24H22O6/c1-27-19-15-14-18(22(28-2)23(19)29-3)24(26)30-21(17-12-8-5-9-13-17)20(25)16-10-6-4-7-11-16/h4-15,21H,1-3H3. The lowest BCUT2D eigenvalue weighted by Crippen LogP contribution is -2.21. The third-order valence-corrected chi connectivity index (χ3v) is 4.55. The van der Waals surface area contributed by atoms with Crippen LogP contribution in [0.2, 0.25) is 0 Å². The Bertz CT molecular complexity index is 1010. The van der Waals surface area contributed by atoms with Crippen molar-refractivity contribution in [3.8, 4) is 17.2 Å². The smallest absolute Gasteiger partial charge is 0.343 e. The molecule has 0 saturated carbocycles. The lowest BCUT2D eigenvalue weighted by molar-refractivity contribution is 0.0276. The van der Waals surface area contributed by atoms with Crippen molar-refractivity contribution in [3.63, 3.8) is 0 Å². The zero-order valence-corrected chi connectivity index (χ0v) is 17.0. The van der Waals surface area contributed by atoms with Crippen LogP contribution in [0.3, 0.4) is 0 Å². The maximum absolute atomic E-state index is 13.1. The van der Waals surface area contributed by atoms with Gasteiger partial charge in [0, 0.05) is 11.1 Å². The van der Waals surface area contributed by atoms with E-state index in [4.69, 9.17) is 18.9 Å². The summed E-state index contributed by atoms with van der Waals surface area (Å²) in [7, 11) is 4.35. The van der Waals surface area contributed by atoms with Gasteiger partial charge < -0.3 is 18.9 Å². The number of carbonyl (C=O) groups excluding carboxylic acids is 2. The Labute approximate surface area is 175 Å². The number of benzene rings is 3. The number of ketones is 1. The van der Waals surface area contributed by atoms with E-state index in [1.54, 1.807) is 54.6 Å². The van der Waals surface area contributed by atoms with Crippen LogP contribution in [0.15, 0.2) is 72.8 Å². The van der Waals surface area contributed by atoms with Gasteiger partial charge in [0.15, 0.2) is 17.6 Å². The van der Waals surface area contributed by atoms with Gasteiger partial charge in [0.05, 0.1) is 21.3 Å². The number of Topliss-reactive ketones (excluding diaryl/α,β-unsaturated/α-hetero) is 1. The van der Waals surface area contributed by atoms with Crippen LogP contribution in [0.1, 0.15) is 32.4 Å². The summed E-state index contributed by atoms with van der Waals surface area (Å²) in [6.45, 7) is 0. The molecule has 0 bridgehead atoms. The van der Waals surface area contributed by atoms with Crippen molar-refractivity contribution in [2.45, 2.75) is 6.10 Å². The van der Waals surface area contributed by atoms with Crippen molar-refractivity contribution in [1.82, 2.24) is 0 Å². The Kier molecular flexibility index (Phi) is 6.70. The van der Waals surface area contributed by atoms with Crippen LogP contribution in [0.25, 0.3) is 0 Å². The molecule has 1 atom stereocenters. The van der Waals surface area contributed by atoms with Crippen molar-refractivity contribution in [3.05, 3.63) is 89.5 Å².